The Balaban J connectivity index is 1.97. The van der Waals surface area contributed by atoms with Crippen LogP contribution >= 0.6 is 0 Å². The van der Waals surface area contributed by atoms with E-state index in [9.17, 15) is 4.39 Å². The molecule has 1 N–H and O–H groups in total. The van der Waals surface area contributed by atoms with Crippen LogP contribution in [0.2, 0.25) is 0 Å². The first-order chi connectivity index (χ1) is 11.7. The van der Waals surface area contributed by atoms with E-state index < -0.39 is 0 Å². The molecule has 4 rings (SSSR count). The number of aryl methyl sites for hydroxylation is 1. The standard InChI is InChI=1S/C20H21FN2O/c1-13-10-19(24-2)18(21)12-17(13)16-5-3-4-14-11-15-6-7-22-8-9-23(15)20(14)16/h3-5,10-12,22H,6-9H2,1-2H3. The average molecular weight is 324 g/mol. The Morgan fingerprint density at radius 3 is 2.83 bits per heavy atom. The zero-order valence-corrected chi connectivity index (χ0v) is 14.0. The highest BCUT2D eigenvalue weighted by atomic mass is 19.1. The van der Waals surface area contributed by atoms with Crippen LogP contribution in [0, 0.1) is 12.7 Å². The first kappa shape index (κ1) is 15.2. The Kier molecular flexibility index (Phi) is 3.77. The van der Waals surface area contributed by atoms with Crippen LogP contribution in [0.5, 0.6) is 5.75 Å². The van der Waals surface area contributed by atoms with Crippen molar-refractivity contribution in [1.29, 1.82) is 0 Å². The number of halogens is 1. The fourth-order valence-corrected chi connectivity index (χ4v) is 3.69. The first-order valence-electron chi connectivity index (χ1n) is 8.35. The maximum Gasteiger partial charge on any atom is 0.165 e. The summed E-state index contributed by atoms with van der Waals surface area (Å²) in [6, 6.07) is 11.9. The van der Waals surface area contributed by atoms with Gasteiger partial charge in [-0.3, -0.25) is 0 Å². The van der Waals surface area contributed by atoms with E-state index in [0.29, 0.717) is 5.75 Å². The molecule has 0 saturated carbocycles. The minimum atomic E-state index is -0.320. The summed E-state index contributed by atoms with van der Waals surface area (Å²) in [5, 5.41) is 4.66. The van der Waals surface area contributed by atoms with Crippen molar-refractivity contribution in [1.82, 2.24) is 9.88 Å². The summed E-state index contributed by atoms with van der Waals surface area (Å²) >= 11 is 0. The fraction of sp³-hybridized carbons (Fsp3) is 0.300. The van der Waals surface area contributed by atoms with Crippen molar-refractivity contribution in [2.24, 2.45) is 0 Å². The molecule has 0 atom stereocenters. The summed E-state index contributed by atoms with van der Waals surface area (Å²) in [4.78, 5) is 0. The molecule has 0 radical (unpaired) electrons. The predicted molar refractivity (Wildman–Crippen MR) is 95.2 cm³/mol. The molecule has 0 unspecified atom stereocenters. The minimum Gasteiger partial charge on any atom is -0.494 e. The number of para-hydroxylation sites is 1. The number of hydrogen-bond donors (Lipinski definition) is 1. The molecule has 0 fully saturated rings. The second-order valence-corrected chi connectivity index (χ2v) is 6.33. The number of nitrogens with one attached hydrogen (secondary N) is 1. The largest absolute Gasteiger partial charge is 0.494 e. The number of nitrogens with zero attached hydrogens (tertiary/aromatic N) is 1. The molecule has 24 heavy (non-hydrogen) atoms. The monoisotopic (exact) mass is 324 g/mol. The third-order valence-corrected chi connectivity index (χ3v) is 4.87. The van der Waals surface area contributed by atoms with Crippen LogP contribution in [0.1, 0.15) is 11.3 Å². The number of hydrogen-bond acceptors (Lipinski definition) is 2. The van der Waals surface area contributed by atoms with Crippen LogP contribution in [-0.4, -0.2) is 24.8 Å². The second kappa shape index (κ2) is 5.95. The quantitative estimate of drug-likeness (QED) is 0.773. The van der Waals surface area contributed by atoms with Crippen LogP contribution in [0.3, 0.4) is 0 Å². The average Bonchev–Trinajstić information content (AvgIpc) is 2.78. The Morgan fingerprint density at radius 1 is 1.12 bits per heavy atom. The van der Waals surface area contributed by atoms with E-state index in [0.717, 1.165) is 42.7 Å². The zero-order chi connectivity index (χ0) is 16.7. The topological polar surface area (TPSA) is 26.2 Å². The summed E-state index contributed by atoms with van der Waals surface area (Å²) in [5.41, 5.74) is 5.57. The van der Waals surface area contributed by atoms with Gasteiger partial charge in [0.1, 0.15) is 0 Å². The van der Waals surface area contributed by atoms with Gasteiger partial charge < -0.3 is 14.6 Å². The summed E-state index contributed by atoms with van der Waals surface area (Å²) < 4.78 is 21.8. The normalized spacial score (nSPS) is 14.5. The van der Waals surface area contributed by atoms with Crippen LogP contribution in [-0.2, 0) is 13.0 Å². The van der Waals surface area contributed by atoms with Gasteiger partial charge in [0.15, 0.2) is 11.6 Å². The van der Waals surface area contributed by atoms with Crippen molar-refractivity contribution in [3.05, 3.63) is 53.5 Å². The smallest absolute Gasteiger partial charge is 0.165 e. The van der Waals surface area contributed by atoms with Crippen LogP contribution in [0.25, 0.3) is 22.0 Å². The van der Waals surface area contributed by atoms with Crippen molar-refractivity contribution in [2.45, 2.75) is 19.9 Å². The van der Waals surface area contributed by atoms with E-state index in [1.807, 2.05) is 6.92 Å². The molecule has 124 valence electrons. The van der Waals surface area contributed by atoms with Gasteiger partial charge in [-0.25, -0.2) is 4.39 Å². The Morgan fingerprint density at radius 2 is 2.00 bits per heavy atom. The molecule has 0 aliphatic carbocycles. The maximum atomic E-state index is 14.3. The Hall–Kier alpha value is -2.33. The van der Waals surface area contributed by atoms with Crippen molar-refractivity contribution < 1.29 is 9.13 Å². The number of aromatic nitrogens is 1. The molecule has 3 aromatic rings. The second-order valence-electron chi connectivity index (χ2n) is 6.33. The van der Waals surface area contributed by atoms with E-state index >= 15 is 0 Å². The highest BCUT2D eigenvalue weighted by Crippen LogP contribution is 2.35. The number of rotatable bonds is 2. The van der Waals surface area contributed by atoms with Crippen molar-refractivity contribution in [2.75, 3.05) is 20.2 Å². The van der Waals surface area contributed by atoms with Crippen molar-refractivity contribution >= 4 is 10.9 Å². The zero-order valence-electron chi connectivity index (χ0n) is 14.0. The number of methoxy groups -OCH3 is 1. The van der Waals surface area contributed by atoms with Gasteiger partial charge in [-0.05, 0) is 36.2 Å². The van der Waals surface area contributed by atoms with E-state index in [1.165, 1.54) is 23.7 Å². The lowest BCUT2D eigenvalue weighted by atomic mass is 9.98. The molecule has 3 nitrogen and oxygen atoms in total. The Bertz CT molecular complexity index is 914. The van der Waals surface area contributed by atoms with Gasteiger partial charge in [-0.2, -0.15) is 0 Å². The molecule has 2 heterocycles. The molecule has 0 spiro atoms. The highest BCUT2D eigenvalue weighted by molar-refractivity contribution is 5.96. The number of fused-ring (bicyclic) bond motifs is 3. The fourth-order valence-electron chi connectivity index (χ4n) is 3.69. The molecule has 0 bridgehead atoms. The third kappa shape index (κ3) is 2.38. The molecule has 4 heteroatoms. The molecule has 1 aromatic heterocycles. The highest BCUT2D eigenvalue weighted by Gasteiger charge is 2.17. The summed E-state index contributed by atoms with van der Waals surface area (Å²) in [6.07, 6.45) is 1.02. The van der Waals surface area contributed by atoms with Gasteiger partial charge >= 0.3 is 0 Å². The number of ether oxygens (including phenoxy) is 1. The van der Waals surface area contributed by atoms with Crippen LogP contribution in [0.4, 0.5) is 4.39 Å². The Labute approximate surface area is 141 Å². The van der Waals surface area contributed by atoms with E-state index in [-0.39, 0.29) is 5.82 Å². The summed E-state index contributed by atoms with van der Waals surface area (Å²) in [5.74, 6) is -0.0268. The molecular weight excluding hydrogens is 303 g/mol. The predicted octanol–water partition coefficient (Wildman–Crippen LogP) is 3.91. The van der Waals surface area contributed by atoms with Crippen molar-refractivity contribution in [3.63, 3.8) is 0 Å². The lowest BCUT2D eigenvalue weighted by molar-refractivity contribution is 0.386. The van der Waals surface area contributed by atoms with Gasteiger partial charge in [0.2, 0.25) is 0 Å². The van der Waals surface area contributed by atoms with Crippen molar-refractivity contribution in [3.8, 4) is 16.9 Å². The van der Waals surface area contributed by atoms with Crippen LogP contribution < -0.4 is 10.1 Å². The van der Waals surface area contributed by atoms with Gasteiger partial charge in [0.25, 0.3) is 0 Å². The first-order valence-corrected chi connectivity index (χ1v) is 8.35. The van der Waals surface area contributed by atoms with Crippen LogP contribution in [0.15, 0.2) is 36.4 Å². The molecular formula is C20H21FN2O. The molecule has 1 aliphatic rings. The lowest BCUT2D eigenvalue weighted by Gasteiger charge is -2.14. The SMILES string of the molecule is COc1cc(C)c(-c2cccc3cc4n(c23)CCNCC4)cc1F. The third-order valence-electron chi connectivity index (χ3n) is 4.87. The minimum absolute atomic E-state index is 0.293. The van der Waals surface area contributed by atoms with E-state index in [4.69, 9.17) is 4.74 Å². The lowest BCUT2D eigenvalue weighted by Crippen LogP contribution is -2.17. The molecule has 0 saturated heterocycles. The van der Waals surface area contributed by atoms with Gasteiger partial charge in [0.05, 0.1) is 12.6 Å². The maximum absolute atomic E-state index is 14.3. The van der Waals surface area contributed by atoms with Gasteiger partial charge in [-0.1, -0.05) is 18.2 Å². The van der Waals surface area contributed by atoms with Gasteiger partial charge in [-0.15, -0.1) is 0 Å². The number of benzene rings is 2. The summed E-state index contributed by atoms with van der Waals surface area (Å²) in [7, 11) is 1.50. The molecule has 1 aliphatic heterocycles. The van der Waals surface area contributed by atoms with E-state index in [2.05, 4.69) is 34.1 Å². The summed E-state index contributed by atoms with van der Waals surface area (Å²) in [6.45, 7) is 4.90. The molecule has 2 aromatic carbocycles. The molecule has 0 amide bonds. The van der Waals surface area contributed by atoms with Gasteiger partial charge in [0, 0.05) is 42.7 Å². The van der Waals surface area contributed by atoms with E-state index in [1.54, 1.807) is 12.1 Å².